The predicted molar refractivity (Wildman–Crippen MR) is 95.7 cm³/mol. The molecule has 0 saturated carbocycles. The lowest BCUT2D eigenvalue weighted by Gasteiger charge is -2.46. The van der Waals surface area contributed by atoms with Crippen molar-refractivity contribution in [2.24, 2.45) is 5.92 Å². The van der Waals surface area contributed by atoms with Gasteiger partial charge in [-0.1, -0.05) is 11.8 Å². The molecule has 0 aliphatic carbocycles. The molecule has 1 amide bonds. The Bertz CT molecular complexity index is 610. The normalized spacial score (nSPS) is 25.7. The molecule has 24 heavy (non-hydrogen) atoms. The maximum atomic E-state index is 12.5. The molecule has 2 aliphatic heterocycles. The molecular formula is C16H25NO5SSi. The summed E-state index contributed by atoms with van der Waals surface area (Å²) in [5, 5.41) is 18.5. The summed E-state index contributed by atoms with van der Waals surface area (Å²) < 4.78 is 6.05. The number of hydrogen-bond donors (Lipinski definition) is 2. The van der Waals surface area contributed by atoms with Gasteiger partial charge in [-0.15, -0.1) is 0 Å². The molecule has 2 rings (SSSR count). The fourth-order valence-electron chi connectivity index (χ4n) is 3.30. The van der Waals surface area contributed by atoms with Crippen LogP contribution >= 0.6 is 11.8 Å². The topological polar surface area (TPSA) is 87.1 Å². The van der Waals surface area contributed by atoms with Gasteiger partial charge >= 0.3 is 5.97 Å². The minimum absolute atomic E-state index is 0.0807. The minimum Gasteiger partial charge on any atom is -0.477 e. The van der Waals surface area contributed by atoms with Gasteiger partial charge in [0.2, 0.25) is 5.91 Å². The summed E-state index contributed by atoms with van der Waals surface area (Å²) in [5.74, 6) is -1.53. The van der Waals surface area contributed by atoms with E-state index in [0.717, 1.165) is 4.91 Å². The Morgan fingerprint density at radius 2 is 2.12 bits per heavy atom. The molecule has 0 aromatic heterocycles. The summed E-state index contributed by atoms with van der Waals surface area (Å²) in [6.45, 7) is 9.85. The maximum Gasteiger partial charge on any atom is 0.353 e. The predicted octanol–water partition coefficient (Wildman–Crippen LogP) is 2.38. The molecule has 8 heteroatoms. The van der Waals surface area contributed by atoms with E-state index in [1.54, 1.807) is 6.08 Å². The zero-order valence-electron chi connectivity index (χ0n) is 14.7. The van der Waals surface area contributed by atoms with Crippen LogP contribution in [0.1, 0.15) is 20.3 Å². The first-order chi connectivity index (χ1) is 11.1. The van der Waals surface area contributed by atoms with Crippen molar-refractivity contribution in [2.75, 3.05) is 6.61 Å². The fraction of sp³-hybridized carbons (Fsp3) is 0.625. The number of β-lactam (4-membered cyclic amide) rings is 1. The number of nitrogens with zero attached hydrogens (tertiary/aromatic N) is 1. The van der Waals surface area contributed by atoms with Crippen molar-refractivity contribution in [2.45, 2.75) is 52.1 Å². The van der Waals surface area contributed by atoms with Crippen molar-refractivity contribution in [3.05, 3.63) is 21.6 Å². The molecule has 2 N–H and O–H groups in total. The highest BCUT2D eigenvalue weighted by Crippen LogP contribution is 2.49. The summed E-state index contributed by atoms with van der Waals surface area (Å²) in [5.41, 5.74) is 0.0807. The average molecular weight is 372 g/mol. The first kappa shape index (κ1) is 19.2. The number of carboxylic acids is 1. The highest BCUT2D eigenvalue weighted by molar-refractivity contribution is 8.06. The quantitative estimate of drug-likeness (QED) is 0.528. The molecule has 134 valence electrons. The van der Waals surface area contributed by atoms with Gasteiger partial charge in [-0.2, -0.15) is 0 Å². The third kappa shape index (κ3) is 3.77. The first-order valence-corrected chi connectivity index (χ1v) is 12.2. The van der Waals surface area contributed by atoms with E-state index in [2.05, 4.69) is 19.6 Å². The zero-order chi connectivity index (χ0) is 18.2. The number of aliphatic hydroxyl groups excluding tert-OH is 1. The van der Waals surface area contributed by atoms with Crippen molar-refractivity contribution in [1.29, 1.82) is 0 Å². The van der Waals surface area contributed by atoms with E-state index in [-0.39, 0.29) is 36.3 Å². The van der Waals surface area contributed by atoms with Crippen molar-refractivity contribution < 1.29 is 24.2 Å². The van der Waals surface area contributed by atoms with Crippen LogP contribution < -0.4 is 0 Å². The zero-order valence-corrected chi connectivity index (χ0v) is 16.5. The van der Waals surface area contributed by atoms with Gasteiger partial charge in [0.15, 0.2) is 8.32 Å². The Morgan fingerprint density at radius 1 is 1.50 bits per heavy atom. The molecule has 2 aliphatic rings. The highest BCUT2D eigenvalue weighted by atomic mass is 32.2. The SMILES string of the molecule is C/C(=C/CO)SC1=C(C(=O)O)N2C(=O)[C@@H]([C@H](C)O[Si](C)(C)C)[C@H]2C1. The average Bonchev–Trinajstić information content (AvgIpc) is 2.71. The molecule has 0 bridgehead atoms. The molecule has 1 fully saturated rings. The van der Waals surface area contributed by atoms with Crippen LogP contribution in [0.2, 0.25) is 19.6 Å². The van der Waals surface area contributed by atoms with Crippen LogP contribution in [0.15, 0.2) is 21.6 Å². The minimum atomic E-state index is -1.77. The van der Waals surface area contributed by atoms with E-state index in [9.17, 15) is 14.7 Å². The van der Waals surface area contributed by atoms with E-state index < -0.39 is 14.3 Å². The Hall–Kier alpha value is -1.09. The van der Waals surface area contributed by atoms with Crippen molar-refractivity contribution >= 4 is 32.0 Å². The van der Waals surface area contributed by atoms with Gasteiger partial charge in [-0.3, -0.25) is 4.79 Å². The summed E-state index contributed by atoms with van der Waals surface area (Å²) in [4.78, 5) is 27.1. The van der Waals surface area contributed by atoms with Crippen molar-refractivity contribution in [3.8, 4) is 0 Å². The lowest BCUT2D eigenvalue weighted by Crippen LogP contribution is -2.63. The van der Waals surface area contributed by atoms with Crippen LogP contribution in [0.5, 0.6) is 0 Å². The Labute approximate surface area is 147 Å². The molecule has 3 atom stereocenters. The number of hydrogen-bond acceptors (Lipinski definition) is 5. The Kier molecular flexibility index (Phi) is 5.63. The molecule has 6 nitrogen and oxygen atoms in total. The molecule has 1 saturated heterocycles. The second-order valence-electron chi connectivity index (χ2n) is 7.12. The van der Waals surface area contributed by atoms with Crippen LogP contribution in [0.25, 0.3) is 0 Å². The maximum absolute atomic E-state index is 12.5. The number of aliphatic hydroxyl groups is 1. The molecule has 0 unspecified atom stereocenters. The van der Waals surface area contributed by atoms with Crippen LogP contribution in [0.3, 0.4) is 0 Å². The Morgan fingerprint density at radius 3 is 2.62 bits per heavy atom. The third-order valence-electron chi connectivity index (χ3n) is 4.08. The van der Waals surface area contributed by atoms with Gasteiger partial charge in [0.1, 0.15) is 5.70 Å². The third-order valence-corrected chi connectivity index (χ3v) is 6.25. The van der Waals surface area contributed by atoms with E-state index in [1.807, 2.05) is 13.8 Å². The van der Waals surface area contributed by atoms with Crippen LogP contribution in [-0.4, -0.2) is 54.1 Å². The molecule has 0 aromatic rings. The number of thioether (sulfide) groups is 1. The highest BCUT2D eigenvalue weighted by Gasteiger charge is 2.57. The van der Waals surface area contributed by atoms with Gasteiger partial charge in [0.05, 0.1) is 24.7 Å². The van der Waals surface area contributed by atoms with Crippen molar-refractivity contribution in [1.82, 2.24) is 4.90 Å². The second kappa shape index (κ2) is 7.03. The standard InChI is InChI=1S/C16H25NO5SSi/c1-9(6-7-18)23-12-8-11-13(10(2)22-24(3,4)5)15(19)17(11)14(12)16(20)21/h6,10-11,13,18H,7-8H2,1-5H3,(H,20,21)/b9-6-/t10-,11+,13-/m0/s1. The van der Waals surface area contributed by atoms with Gasteiger partial charge in [-0.05, 0) is 44.5 Å². The number of rotatable bonds is 7. The fourth-order valence-corrected chi connectivity index (χ4v) is 5.65. The van der Waals surface area contributed by atoms with Gasteiger partial charge in [-0.25, -0.2) is 4.79 Å². The largest absolute Gasteiger partial charge is 0.477 e. The van der Waals surface area contributed by atoms with E-state index in [0.29, 0.717) is 11.3 Å². The second-order valence-corrected chi connectivity index (χ2v) is 12.9. The number of carbonyl (C=O) groups is 2. The number of fused-ring (bicyclic) bond motifs is 1. The van der Waals surface area contributed by atoms with Gasteiger partial charge in [0, 0.05) is 11.3 Å². The summed E-state index contributed by atoms with van der Waals surface area (Å²) in [6, 6.07) is -0.139. The first-order valence-electron chi connectivity index (χ1n) is 7.99. The lowest BCUT2D eigenvalue weighted by molar-refractivity contribution is -0.160. The van der Waals surface area contributed by atoms with Crippen LogP contribution in [0, 0.1) is 5.92 Å². The molecule has 0 spiro atoms. The molecule has 2 heterocycles. The number of amides is 1. The van der Waals surface area contributed by atoms with Crippen molar-refractivity contribution in [3.63, 3.8) is 0 Å². The number of carbonyl (C=O) groups excluding carboxylic acids is 1. The van der Waals surface area contributed by atoms with Crippen LogP contribution in [0.4, 0.5) is 0 Å². The monoisotopic (exact) mass is 371 g/mol. The smallest absolute Gasteiger partial charge is 0.353 e. The lowest BCUT2D eigenvalue weighted by atomic mass is 9.83. The van der Waals surface area contributed by atoms with E-state index in [1.165, 1.54) is 16.7 Å². The number of allylic oxidation sites excluding steroid dienone is 1. The molecule has 0 radical (unpaired) electrons. The van der Waals surface area contributed by atoms with E-state index >= 15 is 0 Å². The molecular weight excluding hydrogens is 346 g/mol. The van der Waals surface area contributed by atoms with Gasteiger partial charge < -0.3 is 19.5 Å². The summed E-state index contributed by atoms with van der Waals surface area (Å²) in [7, 11) is -1.77. The summed E-state index contributed by atoms with van der Waals surface area (Å²) >= 11 is 1.32. The van der Waals surface area contributed by atoms with E-state index in [4.69, 9.17) is 9.53 Å². The Balaban J connectivity index is 2.20. The summed E-state index contributed by atoms with van der Waals surface area (Å²) in [6.07, 6.45) is 1.95. The number of carboxylic acid groups (broad SMARTS) is 1. The molecule has 0 aromatic carbocycles. The van der Waals surface area contributed by atoms with Gasteiger partial charge in [0.25, 0.3) is 0 Å². The number of aliphatic carboxylic acids is 1. The van der Waals surface area contributed by atoms with Crippen LogP contribution in [-0.2, 0) is 14.0 Å².